The third-order valence-electron chi connectivity index (χ3n) is 4.20. The van der Waals surface area contributed by atoms with E-state index in [-0.39, 0.29) is 12.7 Å². The molecule has 0 saturated heterocycles. The molecule has 3 nitrogen and oxygen atoms in total. The summed E-state index contributed by atoms with van der Waals surface area (Å²) < 4.78 is 7.01. The quantitative estimate of drug-likeness (QED) is 0.498. The molecule has 0 amide bonds. The van der Waals surface area contributed by atoms with E-state index in [1.165, 1.54) is 0 Å². The Morgan fingerprint density at radius 3 is 2.28 bits per heavy atom. The molecule has 0 bridgehead atoms. The predicted molar refractivity (Wildman–Crippen MR) is 99.4 cm³/mol. The first-order valence-corrected chi connectivity index (χ1v) is 8.19. The lowest BCUT2D eigenvalue weighted by Crippen LogP contribution is -2.12. The van der Waals surface area contributed by atoms with E-state index in [4.69, 9.17) is 4.74 Å². The maximum absolute atomic E-state index is 12.5. The Hall–Kier alpha value is -3.33. The van der Waals surface area contributed by atoms with Crippen molar-refractivity contribution in [3.8, 4) is 11.1 Å². The lowest BCUT2D eigenvalue weighted by Gasteiger charge is -2.08. The number of hydrogen-bond acceptors (Lipinski definition) is 2. The number of rotatable bonds is 3. The van der Waals surface area contributed by atoms with Gasteiger partial charge in [-0.15, -0.1) is 0 Å². The van der Waals surface area contributed by atoms with Crippen molar-refractivity contribution >= 4 is 17.0 Å². The Kier molecular flexibility index (Phi) is 4.05. The van der Waals surface area contributed by atoms with Gasteiger partial charge in [0.05, 0.1) is 5.52 Å². The fourth-order valence-electron chi connectivity index (χ4n) is 2.89. The maximum atomic E-state index is 12.5. The van der Waals surface area contributed by atoms with Gasteiger partial charge in [0.15, 0.2) is 0 Å². The molecule has 0 aliphatic heterocycles. The summed E-state index contributed by atoms with van der Waals surface area (Å²) in [5, 5.41) is 1.01. The van der Waals surface area contributed by atoms with Crippen LogP contribution in [0, 0.1) is 0 Å². The average Bonchev–Trinajstić information content (AvgIpc) is 3.11. The predicted octanol–water partition coefficient (Wildman–Crippen LogP) is 5.49. The van der Waals surface area contributed by atoms with Crippen molar-refractivity contribution in [2.24, 2.45) is 0 Å². The molecule has 4 rings (SSSR count). The van der Waals surface area contributed by atoms with Crippen LogP contribution in [-0.4, -0.2) is 10.7 Å². The van der Waals surface area contributed by atoms with Gasteiger partial charge in [-0.3, -0.25) is 4.57 Å². The topological polar surface area (TPSA) is 31.2 Å². The van der Waals surface area contributed by atoms with Gasteiger partial charge in [0, 0.05) is 11.6 Å². The Morgan fingerprint density at radius 1 is 0.800 bits per heavy atom. The first-order chi connectivity index (χ1) is 12.3. The second-order valence-electron chi connectivity index (χ2n) is 5.87. The Morgan fingerprint density at radius 2 is 1.52 bits per heavy atom. The number of hydrogen-bond donors (Lipinski definition) is 0. The lowest BCUT2D eigenvalue weighted by atomic mass is 10.0. The van der Waals surface area contributed by atoms with Crippen LogP contribution in [0.2, 0.25) is 0 Å². The molecule has 1 heterocycles. The van der Waals surface area contributed by atoms with Gasteiger partial charge in [-0.05, 0) is 28.8 Å². The molecule has 25 heavy (non-hydrogen) atoms. The second-order valence-corrected chi connectivity index (χ2v) is 5.87. The first-order valence-electron chi connectivity index (χ1n) is 8.19. The molecular weight excluding hydrogens is 310 g/mol. The van der Waals surface area contributed by atoms with Gasteiger partial charge in [-0.1, -0.05) is 72.8 Å². The van der Waals surface area contributed by atoms with Crippen LogP contribution in [0.15, 0.2) is 91.1 Å². The standard InChI is InChI=1S/C22H17NO2/c24-22(25-16-17-7-3-1-4-8-17)23-14-13-19-11-12-20(15-21(19)23)18-9-5-2-6-10-18/h1-15H,16H2. The monoisotopic (exact) mass is 327 g/mol. The van der Waals surface area contributed by atoms with Crippen LogP contribution >= 0.6 is 0 Å². The summed E-state index contributed by atoms with van der Waals surface area (Å²) in [6.45, 7) is 0.262. The van der Waals surface area contributed by atoms with Gasteiger partial charge in [0.1, 0.15) is 6.61 Å². The van der Waals surface area contributed by atoms with Crippen molar-refractivity contribution in [3.63, 3.8) is 0 Å². The van der Waals surface area contributed by atoms with Crippen LogP contribution in [0.4, 0.5) is 4.79 Å². The number of nitrogens with zero attached hydrogens (tertiary/aromatic N) is 1. The van der Waals surface area contributed by atoms with Crippen molar-refractivity contribution in [2.45, 2.75) is 6.61 Å². The van der Waals surface area contributed by atoms with E-state index in [2.05, 4.69) is 18.2 Å². The molecule has 0 aliphatic rings. The molecule has 0 spiro atoms. The van der Waals surface area contributed by atoms with Crippen molar-refractivity contribution in [1.29, 1.82) is 0 Å². The summed E-state index contributed by atoms with van der Waals surface area (Å²) in [7, 11) is 0. The summed E-state index contributed by atoms with van der Waals surface area (Å²) >= 11 is 0. The molecule has 3 aromatic carbocycles. The van der Waals surface area contributed by atoms with Gasteiger partial charge < -0.3 is 4.74 Å². The van der Waals surface area contributed by atoms with Crippen LogP contribution in [-0.2, 0) is 11.3 Å². The smallest absolute Gasteiger partial charge is 0.418 e. The van der Waals surface area contributed by atoms with Crippen LogP contribution in [0.5, 0.6) is 0 Å². The number of carbonyl (C=O) groups is 1. The maximum Gasteiger partial charge on any atom is 0.418 e. The van der Waals surface area contributed by atoms with Crippen LogP contribution < -0.4 is 0 Å². The minimum absolute atomic E-state index is 0.262. The fraction of sp³-hybridized carbons (Fsp3) is 0.0455. The lowest BCUT2D eigenvalue weighted by molar-refractivity contribution is 0.142. The summed E-state index contributed by atoms with van der Waals surface area (Å²) in [4.78, 5) is 12.5. The highest BCUT2D eigenvalue weighted by Crippen LogP contribution is 2.25. The van der Waals surface area contributed by atoms with Crippen molar-refractivity contribution in [3.05, 3.63) is 96.7 Å². The van der Waals surface area contributed by atoms with E-state index < -0.39 is 0 Å². The van der Waals surface area contributed by atoms with Crippen molar-refractivity contribution < 1.29 is 9.53 Å². The largest absolute Gasteiger partial charge is 0.444 e. The summed E-state index contributed by atoms with van der Waals surface area (Å²) in [5.41, 5.74) is 4.01. The normalized spacial score (nSPS) is 10.7. The van der Waals surface area contributed by atoms with Gasteiger partial charge in [-0.25, -0.2) is 4.79 Å². The minimum Gasteiger partial charge on any atom is -0.444 e. The minimum atomic E-state index is -0.371. The first kappa shape index (κ1) is 15.2. The van der Waals surface area contributed by atoms with E-state index in [9.17, 15) is 4.79 Å². The molecule has 1 aromatic heterocycles. The molecule has 0 fully saturated rings. The Balaban J connectivity index is 1.62. The van der Waals surface area contributed by atoms with Crippen molar-refractivity contribution in [1.82, 2.24) is 4.57 Å². The van der Waals surface area contributed by atoms with Gasteiger partial charge in [0.2, 0.25) is 0 Å². The zero-order valence-corrected chi connectivity index (χ0v) is 13.6. The SMILES string of the molecule is O=C(OCc1ccccc1)n1ccc2ccc(-c3ccccc3)cc21. The summed E-state index contributed by atoms with van der Waals surface area (Å²) in [5.74, 6) is 0. The third kappa shape index (κ3) is 3.17. The number of carbonyl (C=O) groups excluding carboxylic acids is 1. The average molecular weight is 327 g/mol. The van der Waals surface area contributed by atoms with Crippen LogP contribution in [0.25, 0.3) is 22.0 Å². The molecule has 0 atom stereocenters. The third-order valence-corrected chi connectivity index (χ3v) is 4.20. The van der Waals surface area contributed by atoms with E-state index in [0.29, 0.717) is 0 Å². The van der Waals surface area contributed by atoms with Gasteiger partial charge >= 0.3 is 6.09 Å². The molecule has 4 aromatic rings. The zero-order valence-electron chi connectivity index (χ0n) is 13.6. The number of ether oxygens (including phenoxy) is 1. The molecule has 0 unspecified atom stereocenters. The molecule has 122 valence electrons. The molecule has 0 N–H and O–H groups in total. The fourth-order valence-corrected chi connectivity index (χ4v) is 2.89. The highest BCUT2D eigenvalue weighted by Gasteiger charge is 2.11. The number of benzene rings is 3. The van der Waals surface area contributed by atoms with Crippen molar-refractivity contribution in [2.75, 3.05) is 0 Å². The summed E-state index contributed by atoms with van der Waals surface area (Å²) in [6.07, 6.45) is 1.39. The zero-order chi connectivity index (χ0) is 17.1. The van der Waals surface area contributed by atoms with Gasteiger partial charge in [0.25, 0.3) is 0 Å². The highest BCUT2D eigenvalue weighted by molar-refractivity contribution is 5.92. The molecule has 0 saturated carbocycles. The van der Waals surface area contributed by atoms with Crippen LogP contribution in [0.1, 0.15) is 5.56 Å². The molecule has 0 radical (unpaired) electrons. The number of fused-ring (bicyclic) bond motifs is 1. The summed E-state index contributed by atoms with van der Waals surface area (Å²) in [6, 6.07) is 27.8. The van der Waals surface area contributed by atoms with E-state index in [1.807, 2.05) is 66.7 Å². The molecule has 3 heteroatoms. The molecular formula is C22H17NO2. The Bertz CT molecular complexity index is 1000. The van der Waals surface area contributed by atoms with E-state index >= 15 is 0 Å². The Labute approximate surface area is 146 Å². The van der Waals surface area contributed by atoms with E-state index in [1.54, 1.807) is 10.8 Å². The van der Waals surface area contributed by atoms with Gasteiger partial charge in [-0.2, -0.15) is 0 Å². The second kappa shape index (κ2) is 6.65. The number of aromatic nitrogens is 1. The van der Waals surface area contributed by atoms with Crippen LogP contribution in [0.3, 0.4) is 0 Å². The molecule has 0 aliphatic carbocycles. The van der Waals surface area contributed by atoms with E-state index in [0.717, 1.165) is 27.6 Å². The highest BCUT2D eigenvalue weighted by atomic mass is 16.5.